The van der Waals surface area contributed by atoms with Gasteiger partial charge >= 0.3 is 0 Å². The fourth-order valence-electron chi connectivity index (χ4n) is 3.63. The van der Waals surface area contributed by atoms with E-state index in [1.807, 2.05) is 53.8 Å². The predicted molar refractivity (Wildman–Crippen MR) is 107 cm³/mol. The predicted octanol–water partition coefficient (Wildman–Crippen LogP) is 1.53. The average molecular weight is 381 g/mol. The minimum absolute atomic E-state index is 0.0435. The quantitative estimate of drug-likeness (QED) is 0.853. The Labute approximate surface area is 165 Å². The van der Waals surface area contributed by atoms with Gasteiger partial charge in [0.15, 0.2) is 0 Å². The summed E-state index contributed by atoms with van der Waals surface area (Å²) >= 11 is 0. The largest absolute Gasteiger partial charge is 0.352 e. The third-order valence-electron chi connectivity index (χ3n) is 5.34. The van der Waals surface area contributed by atoms with E-state index in [-0.39, 0.29) is 11.8 Å². The van der Waals surface area contributed by atoms with Crippen molar-refractivity contribution < 1.29 is 9.59 Å². The number of rotatable bonds is 5. The molecule has 2 heterocycles. The van der Waals surface area contributed by atoms with Crippen molar-refractivity contribution >= 4 is 11.8 Å². The number of aromatic nitrogens is 2. The van der Waals surface area contributed by atoms with Gasteiger partial charge in [-0.05, 0) is 57.0 Å². The van der Waals surface area contributed by atoms with Gasteiger partial charge in [0.05, 0.1) is 17.9 Å². The van der Waals surface area contributed by atoms with Gasteiger partial charge in [0.1, 0.15) is 0 Å². The topological polar surface area (TPSA) is 70.5 Å². The Kier molecular flexibility index (Phi) is 5.17. The first-order valence-corrected chi connectivity index (χ1v) is 9.94. The molecule has 7 heteroatoms. The molecule has 1 saturated heterocycles. The molecule has 0 unspecified atom stereocenters. The summed E-state index contributed by atoms with van der Waals surface area (Å²) in [5, 5.41) is 7.50. The highest BCUT2D eigenvalue weighted by Crippen LogP contribution is 2.18. The number of carbonyl (C=O) groups is 2. The molecule has 1 aromatic heterocycles. The molecule has 0 radical (unpaired) electrons. The van der Waals surface area contributed by atoms with Gasteiger partial charge in [0.25, 0.3) is 5.91 Å². The number of hydrogen-bond donors (Lipinski definition) is 1. The molecular weight excluding hydrogens is 354 g/mol. The molecule has 148 valence electrons. The molecule has 4 rings (SSSR count). The summed E-state index contributed by atoms with van der Waals surface area (Å²) in [6.45, 7) is 7.17. The molecule has 0 spiro atoms. The van der Waals surface area contributed by atoms with E-state index in [1.165, 1.54) is 0 Å². The first kappa shape index (κ1) is 18.7. The molecule has 2 fully saturated rings. The average Bonchev–Trinajstić information content (AvgIpc) is 3.43. The third kappa shape index (κ3) is 4.25. The molecule has 1 saturated carbocycles. The van der Waals surface area contributed by atoms with Crippen LogP contribution in [0.25, 0.3) is 5.69 Å². The van der Waals surface area contributed by atoms with Gasteiger partial charge in [-0.25, -0.2) is 4.68 Å². The Hall–Kier alpha value is -2.67. The summed E-state index contributed by atoms with van der Waals surface area (Å²) in [6.07, 6.45) is 2.21. The van der Waals surface area contributed by atoms with E-state index in [0.29, 0.717) is 31.2 Å². The lowest BCUT2D eigenvalue weighted by Crippen LogP contribution is -2.51. The summed E-state index contributed by atoms with van der Waals surface area (Å²) in [4.78, 5) is 28.7. The van der Waals surface area contributed by atoms with E-state index in [1.54, 1.807) is 0 Å². The second kappa shape index (κ2) is 7.75. The van der Waals surface area contributed by atoms with E-state index in [0.717, 1.165) is 43.0 Å². The zero-order chi connectivity index (χ0) is 19.7. The Balaban J connectivity index is 1.32. The minimum Gasteiger partial charge on any atom is -0.352 e. The van der Waals surface area contributed by atoms with E-state index < -0.39 is 0 Å². The van der Waals surface area contributed by atoms with Crippen molar-refractivity contribution in [3.8, 4) is 5.69 Å². The molecule has 0 atom stereocenters. The lowest BCUT2D eigenvalue weighted by Gasteiger charge is -2.34. The smallest absolute Gasteiger partial charge is 0.253 e. The van der Waals surface area contributed by atoms with Crippen molar-refractivity contribution in [2.24, 2.45) is 0 Å². The highest BCUT2D eigenvalue weighted by Gasteiger charge is 2.26. The highest BCUT2D eigenvalue weighted by atomic mass is 16.2. The number of aryl methyl sites for hydroxylation is 2. The summed E-state index contributed by atoms with van der Waals surface area (Å²) in [6, 6.07) is 10.0. The van der Waals surface area contributed by atoms with Crippen LogP contribution in [0.3, 0.4) is 0 Å². The number of piperazine rings is 1. The molecule has 2 aliphatic rings. The van der Waals surface area contributed by atoms with E-state index in [9.17, 15) is 9.59 Å². The molecule has 2 aromatic rings. The van der Waals surface area contributed by atoms with Gasteiger partial charge in [-0.3, -0.25) is 14.5 Å². The van der Waals surface area contributed by atoms with Crippen LogP contribution in [0.1, 0.15) is 34.6 Å². The van der Waals surface area contributed by atoms with Gasteiger partial charge < -0.3 is 10.2 Å². The zero-order valence-electron chi connectivity index (χ0n) is 16.5. The Bertz CT molecular complexity index is 861. The summed E-state index contributed by atoms with van der Waals surface area (Å²) in [5.41, 5.74) is 3.68. The standard InChI is InChI=1S/C21H27N5O2/c1-15-13-16(2)26(23-15)19-7-3-17(4-8-19)21(28)25-11-9-24(10-12-25)14-20(27)22-18-5-6-18/h3-4,7-8,13,18H,5-6,9-12,14H2,1-2H3,(H,22,27). The number of hydrogen-bond acceptors (Lipinski definition) is 4. The lowest BCUT2D eigenvalue weighted by molar-refractivity contribution is -0.122. The van der Waals surface area contributed by atoms with Crippen LogP contribution in [0.15, 0.2) is 30.3 Å². The van der Waals surface area contributed by atoms with Crippen molar-refractivity contribution in [1.29, 1.82) is 0 Å². The molecule has 1 aromatic carbocycles. The van der Waals surface area contributed by atoms with Crippen molar-refractivity contribution in [1.82, 2.24) is 24.9 Å². The van der Waals surface area contributed by atoms with Crippen LogP contribution in [-0.2, 0) is 4.79 Å². The van der Waals surface area contributed by atoms with Crippen molar-refractivity contribution in [2.75, 3.05) is 32.7 Å². The molecule has 1 N–H and O–H groups in total. The van der Waals surface area contributed by atoms with Crippen molar-refractivity contribution in [3.05, 3.63) is 47.3 Å². The molecule has 28 heavy (non-hydrogen) atoms. The fraction of sp³-hybridized carbons (Fsp3) is 0.476. The molecule has 1 aliphatic heterocycles. The van der Waals surface area contributed by atoms with Crippen LogP contribution in [0.4, 0.5) is 0 Å². The summed E-state index contributed by atoms with van der Waals surface area (Å²) in [5.74, 6) is 0.143. The number of benzene rings is 1. The monoisotopic (exact) mass is 381 g/mol. The third-order valence-corrected chi connectivity index (χ3v) is 5.34. The van der Waals surface area contributed by atoms with Crippen molar-refractivity contribution in [3.63, 3.8) is 0 Å². The minimum atomic E-state index is 0.0435. The van der Waals surface area contributed by atoms with Crippen LogP contribution < -0.4 is 5.32 Å². The van der Waals surface area contributed by atoms with Gasteiger partial charge in [0, 0.05) is 43.5 Å². The maximum atomic E-state index is 12.8. The molecule has 2 amide bonds. The summed E-state index contributed by atoms with van der Waals surface area (Å²) in [7, 11) is 0. The lowest BCUT2D eigenvalue weighted by atomic mass is 10.1. The van der Waals surface area contributed by atoms with Crippen LogP contribution >= 0.6 is 0 Å². The number of amides is 2. The highest BCUT2D eigenvalue weighted by molar-refractivity contribution is 5.94. The van der Waals surface area contributed by atoms with Crippen LogP contribution in [0.2, 0.25) is 0 Å². The van der Waals surface area contributed by atoms with E-state index in [2.05, 4.69) is 15.3 Å². The molecule has 7 nitrogen and oxygen atoms in total. The van der Waals surface area contributed by atoms with Crippen LogP contribution in [-0.4, -0.2) is 70.2 Å². The zero-order valence-corrected chi connectivity index (χ0v) is 16.5. The number of nitrogens with zero attached hydrogens (tertiary/aromatic N) is 4. The van der Waals surface area contributed by atoms with Crippen LogP contribution in [0, 0.1) is 13.8 Å². The van der Waals surface area contributed by atoms with Gasteiger partial charge in [-0.15, -0.1) is 0 Å². The second-order valence-electron chi connectivity index (χ2n) is 7.80. The Morgan fingerprint density at radius 3 is 2.32 bits per heavy atom. The van der Waals surface area contributed by atoms with E-state index in [4.69, 9.17) is 0 Å². The molecule has 1 aliphatic carbocycles. The summed E-state index contributed by atoms with van der Waals surface area (Å²) < 4.78 is 1.88. The van der Waals surface area contributed by atoms with Gasteiger partial charge in [-0.2, -0.15) is 5.10 Å². The molecular formula is C21H27N5O2. The second-order valence-corrected chi connectivity index (χ2v) is 7.80. The van der Waals surface area contributed by atoms with Gasteiger partial charge in [-0.1, -0.05) is 0 Å². The number of nitrogens with one attached hydrogen (secondary N) is 1. The Morgan fingerprint density at radius 1 is 1.07 bits per heavy atom. The first-order chi connectivity index (χ1) is 13.5. The maximum absolute atomic E-state index is 12.8. The van der Waals surface area contributed by atoms with Gasteiger partial charge in [0.2, 0.25) is 5.91 Å². The Morgan fingerprint density at radius 2 is 1.75 bits per heavy atom. The normalized spacial score (nSPS) is 17.6. The van der Waals surface area contributed by atoms with E-state index >= 15 is 0 Å². The maximum Gasteiger partial charge on any atom is 0.253 e. The SMILES string of the molecule is Cc1cc(C)n(-c2ccc(C(=O)N3CCN(CC(=O)NC4CC4)CC3)cc2)n1. The first-order valence-electron chi connectivity index (χ1n) is 9.94. The molecule has 0 bridgehead atoms. The van der Waals surface area contributed by atoms with Crippen molar-refractivity contribution in [2.45, 2.75) is 32.7 Å². The fourth-order valence-corrected chi connectivity index (χ4v) is 3.63. The number of carbonyl (C=O) groups excluding carboxylic acids is 2. The van der Waals surface area contributed by atoms with Crippen LogP contribution in [0.5, 0.6) is 0 Å².